The second-order valence-corrected chi connectivity index (χ2v) is 5.74. The maximum absolute atomic E-state index is 13.6. The first-order valence-electron chi connectivity index (χ1n) is 6.70. The number of fused-ring (bicyclic) bond motifs is 2. The molecule has 2 saturated carbocycles. The number of hydrogen-bond donors (Lipinski definition) is 1. The second kappa shape index (κ2) is 4.38. The maximum atomic E-state index is 13.6. The summed E-state index contributed by atoms with van der Waals surface area (Å²) >= 11 is 0. The highest BCUT2D eigenvalue weighted by atomic mass is 19.1. The molecule has 0 aliphatic heterocycles. The molecule has 0 heterocycles. The Morgan fingerprint density at radius 1 is 1.33 bits per heavy atom. The highest BCUT2D eigenvalue weighted by molar-refractivity contribution is 5.94. The van der Waals surface area contributed by atoms with Crippen LogP contribution in [0.3, 0.4) is 0 Å². The molecule has 3 unspecified atom stereocenters. The van der Waals surface area contributed by atoms with Gasteiger partial charge < -0.3 is 5.32 Å². The summed E-state index contributed by atoms with van der Waals surface area (Å²) in [6, 6.07) is 4.93. The molecule has 3 atom stereocenters. The number of hydrogen-bond acceptors (Lipinski definition) is 1. The van der Waals surface area contributed by atoms with Crippen LogP contribution in [-0.2, 0) is 0 Å². The average Bonchev–Trinajstić information content (AvgIpc) is 2.94. The Hall–Kier alpha value is -1.38. The monoisotopic (exact) mass is 247 g/mol. The van der Waals surface area contributed by atoms with Crippen LogP contribution < -0.4 is 5.32 Å². The molecule has 0 spiro atoms. The van der Waals surface area contributed by atoms with Gasteiger partial charge in [-0.25, -0.2) is 4.39 Å². The van der Waals surface area contributed by atoms with Crippen LogP contribution in [0.15, 0.2) is 18.2 Å². The molecule has 2 nitrogen and oxygen atoms in total. The fourth-order valence-electron chi connectivity index (χ4n) is 3.48. The van der Waals surface area contributed by atoms with E-state index in [2.05, 4.69) is 5.32 Å². The van der Waals surface area contributed by atoms with Gasteiger partial charge in [-0.3, -0.25) is 4.79 Å². The zero-order chi connectivity index (χ0) is 12.7. The number of amides is 1. The van der Waals surface area contributed by atoms with E-state index in [-0.39, 0.29) is 17.5 Å². The Labute approximate surface area is 107 Å². The van der Waals surface area contributed by atoms with Crippen LogP contribution in [0.2, 0.25) is 0 Å². The molecule has 2 bridgehead atoms. The third-order valence-electron chi connectivity index (χ3n) is 4.42. The second-order valence-electron chi connectivity index (χ2n) is 5.74. The van der Waals surface area contributed by atoms with E-state index < -0.39 is 5.82 Å². The normalized spacial score (nSPS) is 29.6. The number of halogens is 1. The Morgan fingerprint density at radius 2 is 2.17 bits per heavy atom. The molecule has 1 amide bonds. The lowest BCUT2D eigenvalue weighted by Crippen LogP contribution is -2.38. The predicted molar refractivity (Wildman–Crippen MR) is 67.8 cm³/mol. The number of rotatable bonds is 2. The molecule has 2 aliphatic rings. The first-order valence-corrected chi connectivity index (χ1v) is 6.70. The Balaban J connectivity index is 1.73. The minimum Gasteiger partial charge on any atom is -0.349 e. The van der Waals surface area contributed by atoms with Gasteiger partial charge in [0.05, 0.1) is 5.56 Å². The molecule has 1 aromatic rings. The van der Waals surface area contributed by atoms with E-state index in [1.165, 1.54) is 25.3 Å². The molecule has 96 valence electrons. The number of carbonyl (C=O) groups excluding carboxylic acids is 1. The summed E-state index contributed by atoms with van der Waals surface area (Å²) in [5.74, 6) is 0.712. The molecule has 0 radical (unpaired) electrons. The molecule has 3 rings (SSSR count). The first kappa shape index (κ1) is 11.7. The molecule has 1 aromatic carbocycles. The lowest BCUT2D eigenvalue weighted by molar-refractivity contribution is 0.0918. The van der Waals surface area contributed by atoms with Crippen molar-refractivity contribution in [3.05, 3.63) is 35.1 Å². The van der Waals surface area contributed by atoms with Crippen molar-refractivity contribution >= 4 is 5.91 Å². The van der Waals surface area contributed by atoms with Crippen LogP contribution in [0.1, 0.15) is 41.6 Å². The molecule has 0 aromatic heterocycles. The topological polar surface area (TPSA) is 29.1 Å². The van der Waals surface area contributed by atoms with Crippen molar-refractivity contribution in [1.82, 2.24) is 5.32 Å². The van der Waals surface area contributed by atoms with Gasteiger partial charge in [0.15, 0.2) is 0 Å². The van der Waals surface area contributed by atoms with Crippen molar-refractivity contribution in [3.8, 4) is 0 Å². The summed E-state index contributed by atoms with van der Waals surface area (Å²) in [5, 5.41) is 3.02. The first-order chi connectivity index (χ1) is 8.63. The number of nitrogens with one attached hydrogen (secondary N) is 1. The molecule has 18 heavy (non-hydrogen) atoms. The zero-order valence-corrected chi connectivity index (χ0v) is 10.6. The van der Waals surface area contributed by atoms with Crippen LogP contribution in [0.4, 0.5) is 4.39 Å². The SMILES string of the molecule is Cc1ccc(F)c(C(=O)NC2CC3CCC2C3)c1. The molecular weight excluding hydrogens is 229 g/mol. The van der Waals surface area contributed by atoms with Crippen LogP contribution in [0.25, 0.3) is 0 Å². The van der Waals surface area contributed by atoms with E-state index >= 15 is 0 Å². The van der Waals surface area contributed by atoms with Crippen molar-refractivity contribution in [2.45, 2.75) is 38.6 Å². The Bertz CT molecular complexity index is 485. The smallest absolute Gasteiger partial charge is 0.254 e. The van der Waals surface area contributed by atoms with Crippen molar-refractivity contribution in [2.24, 2.45) is 11.8 Å². The van der Waals surface area contributed by atoms with Gasteiger partial charge in [0, 0.05) is 6.04 Å². The molecule has 2 fully saturated rings. The summed E-state index contributed by atoms with van der Waals surface area (Å²) in [4.78, 5) is 12.1. The van der Waals surface area contributed by atoms with Gasteiger partial charge in [-0.15, -0.1) is 0 Å². The molecule has 2 aliphatic carbocycles. The molecular formula is C15H18FNO. The van der Waals surface area contributed by atoms with Crippen molar-refractivity contribution in [2.75, 3.05) is 0 Å². The zero-order valence-electron chi connectivity index (χ0n) is 10.6. The highest BCUT2D eigenvalue weighted by Crippen LogP contribution is 2.44. The largest absolute Gasteiger partial charge is 0.349 e. The molecule has 1 N–H and O–H groups in total. The summed E-state index contributed by atoms with van der Waals surface area (Å²) < 4.78 is 13.6. The summed E-state index contributed by atoms with van der Waals surface area (Å²) in [5.41, 5.74) is 1.09. The minimum absolute atomic E-state index is 0.178. The van der Waals surface area contributed by atoms with E-state index in [0.717, 1.165) is 17.9 Å². The van der Waals surface area contributed by atoms with Gasteiger partial charge in [0.25, 0.3) is 5.91 Å². The van der Waals surface area contributed by atoms with E-state index in [0.29, 0.717) is 5.92 Å². The molecule has 3 heteroatoms. The van der Waals surface area contributed by atoms with Gasteiger partial charge in [-0.2, -0.15) is 0 Å². The van der Waals surface area contributed by atoms with Gasteiger partial charge in [0.1, 0.15) is 5.82 Å². The third kappa shape index (κ3) is 2.02. The van der Waals surface area contributed by atoms with Crippen LogP contribution in [0.5, 0.6) is 0 Å². The van der Waals surface area contributed by atoms with Crippen molar-refractivity contribution in [1.29, 1.82) is 0 Å². The van der Waals surface area contributed by atoms with Gasteiger partial charge in [-0.1, -0.05) is 18.1 Å². The van der Waals surface area contributed by atoms with Crippen molar-refractivity contribution in [3.63, 3.8) is 0 Å². The highest BCUT2D eigenvalue weighted by Gasteiger charge is 2.40. The van der Waals surface area contributed by atoms with Crippen LogP contribution >= 0.6 is 0 Å². The Morgan fingerprint density at radius 3 is 2.83 bits per heavy atom. The van der Waals surface area contributed by atoms with E-state index in [9.17, 15) is 9.18 Å². The summed E-state index contributed by atoms with van der Waals surface area (Å²) in [6.45, 7) is 1.87. The van der Waals surface area contributed by atoms with Crippen molar-refractivity contribution < 1.29 is 9.18 Å². The average molecular weight is 247 g/mol. The molecule has 0 saturated heterocycles. The van der Waals surface area contributed by atoms with Crippen LogP contribution in [-0.4, -0.2) is 11.9 Å². The maximum Gasteiger partial charge on any atom is 0.254 e. The summed E-state index contributed by atoms with van der Waals surface area (Å²) in [7, 11) is 0. The quantitative estimate of drug-likeness (QED) is 0.855. The minimum atomic E-state index is -0.429. The van der Waals surface area contributed by atoms with E-state index in [1.54, 1.807) is 12.1 Å². The van der Waals surface area contributed by atoms with E-state index in [4.69, 9.17) is 0 Å². The standard InChI is InChI=1S/C15H18FNO/c1-9-2-5-13(16)12(6-9)15(18)17-14-8-10-3-4-11(14)7-10/h2,5-6,10-11,14H,3-4,7-8H2,1H3,(H,17,18). The van der Waals surface area contributed by atoms with Gasteiger partial charge in [-0.05, 0) is 50.2 Å². The van der Waals surface area contributed by atoms with E-state index in [1.807, 2.05) is 6.92 Å². The predicted octanol–water partition coefficient (Wildman–Crippen LogP) is 3.05. The van der Waals surface area contributed by atoms with Crippen LogP contribution in [0, 0.1) is 24.6 Å². The Kier molecular flexibility index (Phi) is 2.84. The fourth-order valence-corrected chi connectivity index (χ4v) is 3.48. The van der Waals surface area contributed by atoms with Gasteiger partial charge in [0.2, 0.25) is 0 Å². The lowest BCUT2D eigenvalue weighted by Gasteiger charge is -2.23. The number of aryl methyl sites for hydroxylation is 1. The fraction of sp³-hybridized carbons (Fsp3) is 0.533. The summed E-state index contributed by atoms with van der Waals surface area (Å²) in [6.07, 6.45) is 4.83. The number of benzene rings is 1. The third-order valence-corrected chi connectivity index (χ3v) is 4.42. The van der Waals surface area contributed by atoms with Gasteiger partial charge >= 0.3 is 0 Å². The number of carbonyl (C=O) groups is 1. The lowest BCUT2D eigenvalue weighted by atomic mass is 9.95.